The highest BCUT2D eigenvalue weighted by Crippen LogP contribution is 2.50. The fourth-order valence-corrected chi connectivity index (χ4v) is 9.74. The molecule has 17 heteroatoms. The van der Waals surface area contributed by atoms with Crippen molar-refractivity contribution in [1.29, 1.82) is 5.26 Å². The molecule has 2 atom stereocenters. The average Bonchev–Trinajstić information content (AvgIpc) is 3.71. The summed E-state index contributed by atoms with van der Waals surface area (Å²) in [6.07, 6.45) is 8.67. The summed E-state index contributed by atoms with van der Waals surface area (Å²) < 4.78 is 42.9. The van der Waals surface area contributed by atoms with Gasteiger partial charge in [0.2, 0.25) is 11.8 Å². The molecule has 14 nitrogen and oxygen atoms in total. The summed E-state index contributed by atoms with van der Waals surface area (Å²) in [5.74, 6) is -1.20. The first-order valence-electron chi connectivity index (χ1n) is 21.7. The van der Waals surface area contributed by atoms with E-state index in [0.717, 1.165) is 76.4 Å². The number of carbonyl (C=O) groups excluding carboxylic acids is 3. The molecular formula is C46H55F2N9O5S. The summed E-state index contributed by atoms with van der Waals surface area (Å²) in [6, 6.07) is 13.9. The predicted octanol–water partition coefficient (Wildman–Crippen LogP) is 6.98. The van der Waals surface area contributed by atoms with Crippen molar-refractivity contribution in [3.8, 4) is 17.6 Å². The highest BCUT2D eigenvalue weighted by molar-refractivity contribution is 7.98. The first-order chi connectivity index (χ1) is 30.4. The van der Waals surface area contributed by atoms with E-state index in [1.165, 1.54) is 37.4 Å². The van der Waals surface area contributed by atoms with Gasteiger partial charge >= 0.3 is 0 Å². The Morgan fingerprint density at radius 1 is 1.05 bits per heavy atom. The number of anilines is 2. The van der Waals surface area contributed by atoms with Crippen LogP contribution < -0.4 is 25.7 Å². The van der Waals surface area contributed by atoms with Gasteiger partial charge in [0.05, 0.1) is 35.1 Å². The molecule has 3 heterocycles. The van der Waals surface area contributed by atoms with Crippen LogP contribution in [0.4, 0.5) is 20.2 Å². The molecule has 0 radical (unpaired) electrons. The Hall–Kier alpha value is -5.57. The molecule has 2 aliphatic heterocycles. The predicted molar refractivity (Wildman–Crippen MR) is 239 cm³/mol. The lowest BCUT2D eigenvalue weighted by Gasteiger charge is -2.40. The third-order valence-corrected chi connectivity index (χ3v) is 14.0. The van der Waals surface area contributed by atoms with Gasteiger partial charge in [0.1, 0.15) is 35.5 Å². The minimum absolute atomic E-state index is 0.0106. The quantitative estimate of drug-likeness (QED) is 0.0782. The van der Waals surface area contributed by atoms with Gasteiger partial charge in [-0.15, -0.1) is 0 Å². The number of aldehydes is 1. The van der Waals surface area contributed by atoms with Crippen molar-refractivity contribution in [2.45, 2.75) is 82.7 Å². The molecule has 3 aliphatic rings. The van der Waals surface area contributed by atoms with E-state index < -0.39 is 17.7 Å². The molecule has 7 rings (SSSR count). The summed E-state index contributed by atoms with van der Waals surface area (Å²) in [4.78, 5) is 59.4. The number of carbonyl (C=O) groups is 3. The summed E-state index contributed by atoms with van der Waals surface area (Å²) in [6.45, 7) is 5.85. The molecule has 3 aromatic carbocycles. The van der Waals surface area contributed by atoms with Gasteiger partial charge in [-0.05, 0) is 131 Å². The molecular weight excluding hydrogens is 829 g/mol. The summed E-state index contributed by atoms with van der Waals surface area (Å²) in [5.41, 5.74) is 1.82. The van der Waals surface area contributed by atoms with Crippen molar-refractivity contribution in [2.24, 2.45) is 5.41 Å². The number of likely N-dealkylation sites (N-methyl/N-ethyl adjacent to an activating group) is 1. The molecule has 2 unspecified atom stereocenters. The van der Waals surface area contributed by atoms with Crippen molar-refractivity contribution >= 4 is 52.5 Å². The first-order valence-corrected chi connectivity index (χ1v) is 22.5. The van der Waals surface area contributed by atoms with E-state index in [-0.39, 0.29) is 70.3 Å². The van der Waals surface area contributed by atoms with Crippen LogP contribution in [0.5, 0.6) is 11.5 Å². The van der Waals surface area contributed by atoms with Crippen LogP contribution >= 0.6 is 12.1 Å². The third-order valence-electron chi connectivity index (χ3n) is 13.1. The topological polar surface area (TPSA) is 165 Å². The Balaban J connectivity index is 0.914. The Morgan fingerprint density at radius 2 is 1.81 bits per heavy atom. The Kier molecular flexibility index (Phi) is 14.6. The van der Waals surface area contributed by atoms with E-state index in [0.29, 0.717) is 36.2 Å². The Morgan fingerprint density at radius 3 is 2.51 bits per heavy atom. The SMILES string of the molecule is CCN(C)SNc1ccc(F)c(Oc2ccc3ncn(C4CCC5(CCN(C(=O)CN6CCC(c7ccc(NC(CCC=O)C(=O)NC)c(F)c7)CC6)CC5)C4)c(=O)c3c2)c1C#N. The maximum absolute atomic E-state index is 15.2. The largest absolute Gasteiger partial charge is 0.453 e. The maximum atomic E-state index is 15.2. The zero-order valence-electron chi connectivity index (χ0n) is 36.0. The van der Waals surface area contributed by atoms with Gasteiger partial charge in [-0.25, -0.2) is 18.1 Å². The van der Waals surface area contributed by atoms with Crippen molar-refractivity contribution in [1.82, 2.24) is 29.0 Å². The number of halogens is 2. The van der Waals surface area contributed by atoms with E-state index in [2.05, 4.69) is 31.3 Å². The Bertz CT molecular complexity index is 2410. The normalized spacial score (nSPS) is 18.3. The van der Waals surface area contributed by atoms with Crippen molar-refractivity contribution < 1.29 is 27.9 Å². The molecule has 0 bridgehead atoms. The summed E-state index contributed by atoms with van der Waals surface area (Å²) >= 11 is 1.28. The first kappa shape index (κ1) is 45.5. The Labute approximate surface area is 370 Å². The minimum atomic E-state index is -0.717. The van der Waals surface area contributed by atoms with Crippen molar-refractivity contribution in [2.75, 3.05) is 63.4 Å². The molecule has 2 saturated heterocycles. The molecule has 1 aromatic heterocycles. The van der Waals surface area contributed by atoms with E-state index >= 15 is 8.78 Å². The van der Waals surface area contributed by atoms with Crippen LogP contribution in [-0.2, 0) is 14.4 Å². The number of nitrogens with one attached hydrogen (secondary N) is 3. The minimum Gasteiger partial charge on any atom is -0.453 e. The zero-order valence-corrected chi connectivity index (χ0v) is 36.8. The molecule has 3 fully saturated rings. The average molecular weight is 884 g/mol. The zero-order chi connectivity index (χ0) is 44.7. The number of hydrogen-bond donors (Lipinski definition) is 3. The number of ether oxygens (including phenoxy) is 1. The molecule has 334 valence electrons. The van der Waals surface area contributed by atoms with Crippen molar-refractivity contribution in [3.05, 3.63) is 88.0 Å². The fourth-order valence-electron chi connectivity index (χ4n) is 9.18. The molecule has 3 N–H and O–H groups in total. The van der Waals surface area contributed by atoms with E-state index in [1.807, 2.05) is 29.2 Å². The number of piperidine rings is 2. The lowest BCUT2D eigenvalue weighted by molar-refractivity contribution is -0.135. The van der Waals surface area contributed by atoms with Gasteiger partial charge in [0, 0.05) is 51.3 Å². The van der Waals surface area contributed by atoms with Gasteiger partial charge in [0.15, 0.2) is 11.6 Å². The number of aromatic nitrogens is 2. The molecule has 1 saturated carbocycles. The van der Waals surface area contributed by atoms with Gasteiger partial charge < -0.3 is 29.8 Å². The fraction of sp³-hybridized carbons (Fsp3) is 0.478. The number of amides is 2. The number of nitriles is 1. The van der Waals surface area contributed by atoms with Crippen LogP contribution in [0.1, 0.15) is 87.8 Å². The second-order valence-electron chi connectivity index (χ2n) is 16.9. The number of rotatable bonds is 16. The van der Waals surface area contributed by atoms with Crippen LogP contribution in [0.3, 0.4) is 0 Å². The highest BCUT2D eigenvalue weighted by atomic mass is 32.2. The van der Waals surface area contributed by atoms with Crippen LogP contribution in [0.15, 0.2) is 59.7 Å². The van der Waals surface area contributed by atoms with Crippen LogP contribution in [0.25, 0.3) is 10.9 Å². The second-order valence-corrected chi connectivity index (χ2v) is 17.9. The summed E-state index contributed by atoms with van der Waals surface area (Å²) in [5, 5.41) is 15.8. The number of fused-ring (bicyclic) bond motifs is 1. The van der Waals surface area contributed by atoms with E-state index in [4.69, 9.17) is 4.74 Å². The van der Waals surface area contributed by atoms with E-state index in [9.17, 15) is 24.4 Å². The molecule has 4 aromatic rings. The lowest BCUT2D eigenvalue weighted by atomic mass is 9.77. The molecule has 1 aliphatic carbocycles. The lowest BCUT2D eigenvalue weighted by Crippen LogP contribution is -2.47. The summed E-state index contributed by atoms with van der Waals surface area (Å²) in [7, 11) is 3.39. The van der Waals surface area contributed by atoms with Gasteiger partial charge in [0.25, 0.3) is 5.56 Å². The van der Waals surface area contributed by atoms with E-state index in [1.54, 1.807) is 35.2 Å². The van der Waals surface area contributed by atoms with Crippen LogP contribution in [-0.4, -0.2) is 101 Å². The van der Waals surface area contributed by atoms with Crippen molar-refractivity contribution in [3.63, 3.8) is 0 Å². The molecule has 1 spiro atoms. The number of benzene rings is 3. The number of likely N-dealkylation sites (tertiary alicyclic amines) is 2. The van der Waals surface area contributed by atoms with Crippen LogP contribution in [0, 0.1) is 28.4 Å². The molecule has 63 heavy (non-hydrogen) atoms. The number of hydrogen-bond acceptors (Lipinski definition) is 12. The molecule has 2 amide bonds. The second kappa shape index (κ2) is 20.3. The smallest absolute Gasteiger partial charge is 0.261 e. The van der Waals surface area contributed by atoms with Gasteiger partial charge in [-0.1, -0.05) is 13.0 Å². The van der Waals surface area contributed by atoms with Crippen LogP contribution in [0.2, 0.25) is 0 Å². The monoisotopic (exact) mass is 883 g/mol. The standard InChI is InChI=1S/C46H55F2N9O5S/c1-4-54(3)63-53-39-12-9-36(47)43(35(39)27-49)62-33-8-11-38-34(25-33)45(61)57(29-51-38)32-13-16-46(26-32)17-21-56(22-18-46)42(59)28-55-19-14-30(15-20-55)31-7-10-40(37(48)24-31)52-41(6-5-23-58)44(60)50-2/h7-12,23-25,29-30,32,41,52-53H,4-6,13-22,26,28H2,1-3H3,(H,50,60). The third kappa shape index (κ3) is 10.5. The van der Waals surface area contributed by atoms with Gasteiger partial charge in [-0.2, -0.15) is 5.26 Å². The highest BCUT2D eigenvalue weighted by Gasteiger charge is 2.43. The van der Waals surface area contributed by atoms with Gasteiger partial charge in [-0.3, -0.25) is 23.9 Å². The maximum Gasteiger partial charge on any atom is 0.261 e. The number of nitrogens with zero attached hydrogens (tertiary/aromatic N) is 6.